The van der Waals surface area contributed by atoms with Crippen molar-refractivity contribution in [3.05, 3.63) is 96.3 Å². The van der Waals surface area contributed by atoms with Gasteiger partial charge in [0.25, 0.3) is 0 Å². The van der Waals surface area contributed by atoms with Crippen LogP contribution < -0.4 is 21.3 Å². The Hall–Kier alpha value is -4.68. The molecule has 5 aromatic rings. The molecular formula is C32H32N6O4S2. The Labute approximate surface area is 264 Å². The monoisotopic (exact) mass is 628 g/mol. The molecule has 0 radical (unpaired) electrons. The van der Waals surface area contributed by atoms with Gasteiger partial charge >= 0.3 is 0 Å². The molecule has 44 heavy (non-hydrogen) atoms. The van der Waals surface area contributed by atoms with Gasteiger partial charge in [0.2, 0.25) is 23.6 Å². The predicted molar refractivity (Wildman–Crippen MR) is 179 cm³/mol. The molecule has 0 saturated carbocycles. The summed E-state index contributed by atoms with van der Waals surface area (Å²) in [6.45, 7) is 0. The van der Waals surface area contributed by atoms with Crippen molar-refractivity contribution < 1.29 is 19.2 Å². The van der Waals surface area contributed by atoms with E-state index in [1.165, 1.54) is 0 Å². The topological polar surface area (TPSA) is 148 Å². The van der Waals surface area contributed by atoms with Crippen LogP contribution in [0.4, 0.5) is 11.4 Å². The van der Waals surface area contributed by atoms with Gasteiger partial charge in [-0.05, 0) is 41.5 Å². The quantitative estimate of drug-likeness (QED) is 0.0992. The fourth-order valence-corrected chi connectivity index (χ4v) is 5.26. The Bertz CT molecular complexity index is 1690. The highest BCUT2D eigenvalue weighted by Gasteiger charge is 2.24. The van der Waals surface area contributed by atoms with Crippen molar-refractivity contribution in [1.29, 1.82) is 0 Å². The number of hydrogen-bond donors (Lipinski definition) is 8. The summed E-state index contributed by atoms with van der Waals surface area (Å²) in [5.41, 5.74) is 4.46. The third-order valence-electron chi connectivity index (χ3n) is 7.19. The summed E-state index contributed by atoms with van der Waals surface area (Å²) in [6, 6.07) is 20.4. The van der Waals surface area contributed by atoms with E-state index in [1.54, 1.807) is 24.3 Å². The van der Waals surface area contributed by atoms with Crippen LogP contribution in [0.25, 0.3) is 21.8 Å². The maximum atomic E-state index is 13.4. The number of para-hydroxylation sites is 2. The Balaban J connectivity index is 1.30. The van der Waals surface area contributed by atoms with Crippen LogP contribution in [0.5, 0.6) is 0 Å². The minimum Gasteiger partial charge on any atom is -0.361 e. The largest absolute Gasteiger partial charge is 0.361 e. The number of fused-ring (bicyclic) bond motifs is 2. The molecule has 5 rings (SSSR count). The average Bonchev–Trinajstić information content (AvgIpc) is 3.64. The third kappa shape index (κ3) is 7.44. The van der Waals surface area contributed by atoms with Crippen molar-refractivity contribution in [3.63, 3.8) is 0 Å². The number of anilines is 2. The number of nitrogens with one attached hydrogen (secondary N) is 6. The fourth-order valence-electron chi connectivity index (χ4n) is 5.07. The molecule has 3 aromatic carbocycles. The van der Waals surface area contributed by atoms with Crippen LogP contribution in [0.1, 0.15) is 11.1 Å². The van der Waals surface area contributed by atoms with Crippen LogP contribution in [0.15, 0.2) is 85.2 Å². The number of carbonyl (C=O) groups excluding carboxylic acids is 4. The number of aromatic amines is 2. The van der Waals surface area contributed by atoms with Gasteiger partial charge in [0.15, 0.2) is 0 Å². The number of carbonyl (C=O) groups is 4. The number of amides is 4. The second-order valence-electron chi connectivity index (χ2n) is 10.2. The summed E-state index contributed by atoms with van der Waals surface area (Å²) in [6.07, 6.45) is 4.17. The van der Waals surface area contributed by atoms with E-state index in [1.807, 2.05) is 60.9 Å². The Morgan fingerprint density at radius 3 is 1.48 bits per heavy atom. The first-order valence-corrected chi connectivity index (χ1v) is 15.2. The number of rotatable bonds is 12. The molecule has 2 heterocycles. The fraction of sp³-hybridized carbons (Fsp3) is 0.188. The highest BCUT2D eigenvalue weighted by molar-refractivity contribution is 7.81. The van der Waals surface area contributed by atoms with Gasteiger partial charge in [0.05, 0.1) is 11.5 Å². The predicted octanol–water partition coefficient (Wildman–Crippen LogP) is 3.84. The van der Waals surface area contributed by atoms with Gasteiger partial charge in [-0.25, -0.2) is 0 Å². The molecule has 226 valence electrons. The first-order chi connectivity index (χ1) is 21.3. The zero-order valence-corrected chi connectivity index (χ0v) is 25.4. The molecule has 0 saturated heterocycles. The van der Waals surface area contributed by atoms with Crippen molar-refractivity contribution in [2.45, 2.75) is 24.9 Å². The lowest BCUT2D eigenvalue weighted by atomic mass is 10.0. The highest BCUT2D eigenvalue weighted by Crippen LogP contribution is 2.22. The van der Waals surface area contributed by atoms with Gasteiger partial charge in [-0.1, -0.05) is 42.5 Å². The van der Waals surface area contributed by atoms with Gasteiger partial charge in [0, 0.05) is 58.4 Å². The molecule has 4 amide bonds. The van der Waals surface area contributed by atoms with Gasteiger partial charge in [0.1, 0.15) is 12.1 Å². The molecule has 2 atom stereocenters. The molecule has 2 unspecified atom stereocenters. The van der Waals surface area contributed by atoms with E-state index in [2.05, 4.69) is 56.5 Å². The van der Waals surface area contributed by atoms with Crippen LogP contribution in [-0.4, -0.2) is 57.2 Å². The number of aromatic nitrogens is 2. The molecule has 6 N–H and O–H groups in total. The molecule has 10 nitrogen and oxygen atoms in total. The zero-order chi connectivity index (χ0) is 31.1. The summed E-state index contributed by atoms with van der Waals surface area (Å²) in [5.74, 6) is -1.73. The Morgan fingerprint density at radius 1 is 0.614 bits per heavy atom. The molecule has 2 aromatic heterocycles. The van der Waals surface area contributed by atoms with E-state index in [-0.39, 0.29) is 36.2 Å². The second kappa shape index (κ2) is 14.2. The first-order valence-electron chi connectivity index (χ1n) is 14.0. The summed E-state index contributed by atoms with van der Waals surface area (Å²) in [7, 11) is 0. The summed E-state index contributed by atoms with van der Waals surface area (Å²) in [4.78, 5) is 57.7. The van der Waals surface area contributed by atoms with Crippen LogP contribution in [0.2, 0.25) is 0 Å². The molecule has 0 spiro atoms. The van der Waals surface area contributed by atoms with Crippen LogP contribution >= 0.6 is 25.3 Å². The maximum absolute atomic E-state index is 13.4. The van der Waals surface area contributed by atoms with Crippen LogP contribution in [0.3, 0.4) is 0 Å². The molecule has 0 aliphatic carbocycles. The van der Waals surface area contributed by atoms with E-state index in [9.17, 15) is 19.2 Å². The molecule has 0 aliphatic rings. The van der Waals surface area contributed by atoms with E-state index in [4.69, 9.17) is 0 Å². The van der Waals surface area contributed by atoms with Gasteiger partial charge in [-0.15, -0.1) is 0 Å². The molecule has 12 heteroatoms. The maximum Gasteiger partial charge on any atom is 0.247 e. The minimum absolute atomic E-state index is 0.0668. The van der Waals surface area contributed by atoms with Crippen molar-refractivity contribution in [3.8, 4) is 0 Å². The van der Waals surface area contributed by atoms with Crippen molar-refractivity contribution in [2.24, 2.45) is 0 Å². The van der Waals surface area contributed by atoms with E-state index >= 15 is 0 Å². The normalized spacial score (nSPS) is 12.4. The van der Waals surface area contributed by atoms with E-state index in [0.717, 1.165) is 32.9 Å². The lowest BCUT2D eigenvalue weighted by Crippen LogP contribution is -2.46. The molecular weight excluding hydrogens is 597 g/mol. The van der Waals surface area contributed by atoms with E-state index < -0.39 is 23.9 Å². The highest BCUT2D eigenvalue weighted by atomic mass is 32.1. The number of H-pyrrole nitrogens is 2. The average molecular weight is 629 g/mol. The molecule has 0 aliphatic heterocycles. The summed E-state index contributed by atoms with van der Waals surface area (Å²) in [5, 5.41) is 13.1. The minimum atomic E-state index is -0.871. The van der Waals surface area contributed by atoms with Crippen molar-refractivity contribution >= 4 is 82.1 Å². The van der Waals surface area contributed by atoms with E-state index in [0.29, 0.717) is 11.4 Å². The summed E-state index contributed by atoms with van der Waals surface area (Å²) >= 11 is 8.08. The van der Waals surface area contributed by atoms with Crippen LogP contribution in [-0.2, 0) is 32.0 Å². The first kappa shape index (κ1) is 30.8. The number of benzene rings is 3. The smallest absolute Gasteiger partial charge is 0.247 e. The SMILES string of the molecule is O=C(CS)NC(Cc1c[nH]c2ccccc12)C(=O)Nc1cccc(NC(=O)C(Cc2c[nH]c3ccccc23)NC(=O)CS)c1. The van der Waals surface area contributed by atoms with Crippen LogP contribution in [0, 0.1) is 0 Å². The summed E-state index contributed by atoms with van der Waals surface area (Å²) < 4.78 is 0. The lowest BCUT2D eigenvalue weighted by molar-refractivity contribution is -0.124. The molecule has 0 bridgehead atoms. The van der Waals surface area contributed by atoms with Gasteiger partial charge < -0.3 is 31.2 Å². The zero-order valence-electron chi connectivity index (χ0n) is 23.6. The number of hydrogen-bond acceptors (Lipinski definition) is 6. The van der Waals surface area contributed by atoms with Gasteiger partial charge in [-0.3, -0.25) is 19.2 Å². The van der Waals surface area contributed by atoms with Crippen molar-refractivity contribution in [1.82, 2.24) is 20.6 Å². The Morgan fingerprint density at radius 2 is 1.05 bits per heavy atom. The van der Waals surface area contributed by atoms with Gasteiger partial charge in [-0.2, -0.15) is 25.3 Å². The second-order valence-corrected chi connectivity index (χ2v) is 10.9. The molecule has 0 fully saturated rings. The third-order valence-corrected chi connectivity index (χ3v) is 7.76. The van der Waals surface area contributed by atoms with Crippen molar-refractivity contribution in [2.75, 3.05) is 22.1 Å². The number of thiol groups is 2. The lowest BCUT2D eigenvalue weighted by Gasteiger charge is -2.20. The standard InChI is InChI=1S/C32H32N6O4S2/c39-29(17-43)37-27(12-19-15-33-25-10-3-1-8-23(19)25)31(41)35-21-6-5-7-22(14-21)36-32(42)28(38-30(40)18-44)13-20-16-34-26-11-4-2-9-24(20)26/h1-11,14-16,27-28,33-34,43-44H,12-13,17-18H2,(H,35,41)(H,36,42)(H,37,39)(H,38,40). The Kier molecular flexibility index (Phi) is 9.93.